The summed E-state index contributed by atoms with van der Waals surface area (Å²) in [5.74, 6) is -0.0185. The molecule has 0 saturated carbocycles. The molecule has 2 aromatic carbocycles. The van der Waals surface area contributed by atoms with Crippen LogP contribution in [0, 0.1) is 6.92 Å². The van der Waals surface area contributed by atoms with E-state index in [2.05, 4.69) is 20.4 Å². The molecule has 7 nitrogen and oxygen atoms in total. The molecule has 0 radical (unpaired) electrons. The molecule has 4 aromatic rings. The fraction of sp³-hybridized carbons (Fsp3) is 0.0625. The first-order valence-electron chi connectivity index (χ1n) is 7.16. The SMILES string of the molecule is Cc1ccc(Nc2nc3nc4cc(C(=O)O)ccc4n3[nH]2)cc1Cl. The Morgan fingerprint density at radius 3 is 2.83 bits per heavy atom. The zero-order chi connectivity index (χ0) is 16.8. The van der Waals surface area contributed by atoms with E-state index in [0.29, 0.717) is 22.3 Å². The Morgan fingerprint density at radius 1 is 1.25 bits per heavy atom. The number of hydrogen-bond donors (Lipinski definition) is 3. The Morgan fingerprint density at radius 2 is 2.08 bits per heavy atom. The molecular formula is C16H12ClN5O2. The number of H-pyrrole nitrogens is 1. The molecule has 0 aliphatic carbocycles. The summed E-state index contributed by atoms with van der Waals surface area (Å²) in [5.41, 5.74) is 3.31. The van der Waals surface area contributed by atoms with Gasteiger partial charge in [-0.2, -0.15) is 4.98 Å². The fourth-order valence-corrected chi connectivity index (χ4v) is 2.66. The van der Waals surface area contributed by atoms with Crippen LogP contribution in [0.1, 0.15) is 15.9 Å². The maximum absolute atomic E-state index is 11.0. The Bertz CT molecular complexity index is 1100. The molecule has 0 fully saturated rings. The van der Waals surface area contributed by atoms with Gasteiger partial charge in [-0.1, -0.05) is 17.7 Å². The number of fused-ring (bicyclic) bond motifs is 3. The minimum Gasteiger partial charge on any atom is -0.478 e. The number of carboxylic acids is 1. The van der Waals surface area contributed by atoms with E-state index in [1.165, 1.54) is 12.1 Å². The Balaban J connectivity index is 1.73. The average molecular weight is 342 g/mol. The molecule has 0 spiro atoms. The lowest BCUT2D eigenvalue weighted by atomic mass is 10.2. The van der Waals surface area contributed by atoms with Crippen LogP contribution in [0.4, 0.5) is 11.6 Å². The first kappa shape index (κ1) is 14.5. The minimum absolute atomic E-state index is 0.191. The highest BCUT2D eigenvalue weighted by atomic mass is 35.5. The summed E-state index contributed by atoms with van der Waals surface area (Å²) < 4.78 is 1.69. The third-order valence-electron chi connectivity index (χ3n) is 3.75. The molecule has 3 N–H and O–H groups in total. The Hall–Kier alpha value is -3.06. The van der Waals surface area contributed by atoms with Crippen molar-refractivity contribution in [3.63, 3.8) is 0 Å². The van der Waals surface area contributed by atoms with Crippen molar-refractivity contribution < 1.29 is 9.90 Å². The van der Waals surface area contributed by atoms with E-state index in [1.807, 2.05) is 25.1 Å². The van der Waals surface area contributed by atoms with Crippen molar-refractivity contribution >= 4 is 46.0 Å². The van der Waals surface area contributed by atoms with Crippen LogP contribution in [0.25, 0.3) is 16.8 Å². The third-order valence-corrected chi connectivity index (χ3v) is 4.16. The number of carboxylic acid groups (broad SMARTS) is 1. The van der Waals surface area contributed by atoms with Crippen molar-refractivity contribution in [3.05, 3.63) is 52.5 Å². The van der Waals surface area contributed by atoms with Gasteiger partial charge in [-0.15, -0.1) is 0 Å². The Labute approximate surface area is 140 Å². The van der Waals surface area contributed by atoms with Crippen molar-refractivity contribution in [2.24, 2.45) is 0 Å². The van der Waals surface area contributed by atoms with Gasteiger partial charge < -0.3 is 10.4 Å². The monoisotopic (exact) mass is 341 g/mol. The lowest BCUT2D eigenvalue weighted by Gasteiger charge is -2.04. The Kier molecular flexibility index (Phi) is 3.17. The van der Waals surface area contributed by atoms with E-state index in [-0.39, 0.29) is 5.56 Å². The van der Waals surface area contributed by atoms with Gasteiger partial charge in [-0.3, -0.25) is 5.10 Å². The van der Waals surface area contributed by atoms with Gasteiger partial charge in [0.2, 0.25) is 5.95 Å². The molecule has 2 heterocycles. The molecule has 0 amide bonds. The van der Waals surface area contributed by atoms with Crippen molar-refractivity contribution in [3.8, 4) is 0 Å². The van der Waals surface area contributed by atoms with Crippen LogP contribution in [0.5, 0.6) is 0 Å². The van der Waals surface area contributed by atoms with Crippen molar-refractivity contribution in [1.82, 2.24) is 19.6 Å². The number of benzene rings is 2. The van der Waals surface area contributed by atoms with Gasteiger partial charge >= 0.3 is 5.97 Å². The standard InChI is InChI=1S/C16H12ClN5O2/c1-8-2-4-10(7-11(8)17)18-15-20-16-19-12-6-9(14(23)24)3-5-13(12)22(16)21-15/h2-7H,1H3,(H,23,24)(H2,18,19,20,21). The van der Waals surface area contributed by atoms with Crippen molar-refractivity contribution in [2.75, 3.05) is 5.32 Å². The first-order chi connectivity index (χ1) is 11.5. The topological polar surface area (TPSA) is 95.3 Å². The quantitative estimate of drug-likeness (QED) is 0.529. The second-order valence-corrected chi connectivity index (χ2v) is 5.82. The number of aromatic amines is 1. The van der Waals surface area contributed by atoms with Crippen LogP contribution in [0.15, 0.2) is 36.4 Å². The molecule has 0 saturated heterocycles. The van der Waals surface area contributed by atoms with Gasteiger partial charge in [0, 0.05) is 10.7 Å². The van der Waals surface area contributed by atoms with E-state index in [1.54, 1.807) is 10.6 Å². The highest BCUT2D eigenvalue weighted by Crippen LogP contribution is 2.23. The number of halogens is 1. The summed E-state index contributed by atoms with van der Waals surface area (Å²) in [6, 6.07) is 10.4. The number of hydrogen-bond acceptors (Lipinski definition) is 4. The second kappa shape index (κ2) is 5.24. The number of imidazole rings is 1. The molecule has 4 rings (SSSR count). The molecule has 0 aliphatic rings. The lowest BCUT2D eigenvalue weighted by Crippen LogP contribution is -1.96. The predicted molar refractivity (Wildman–Crippen MR) is 91.3 cm³/mol. The number of nitrogens with zero attached hydrogens (tertiary/aromatic N) is 3. The molecule has 0 unspecified atom stereocenters. The highest BCUT2D eigenvalue weighted by Gasteiger charge is 2.12. The van der Waals surface area contributed by atoms with E-state index < -0.39 is 5.97 Å². The molecule has 0 bridgehead atoms. The van der Waals surface area contributed by atoms with Gasteiger partial charge in [0.15, 0.2) is 0 Å². The highest BCUT2D eigenvalue weighted by molar-refractivity contribution is 6.31. The summed E-state index contributed by atoms with van der Waals surface area (Å²) >= 11 is 6.12. The summed E-state index contributed by atoms with van der Waals surface area (Å²) in [6.45, 7) is 1.94. The van der Waals surface area contributed by atoms with Gasteiger partial charge in [0.1, 0.15) is 0 Å². The summed E-state index contributed by atoms with van der Waals surface area (Å²) in [6.07, 6.45) is 0. The molecule has 8 heteroatoms. The smallest absolute Gasteiger partial charge is 0.335 e. The molecular weight excluding hydrogens is 330 g/mol. The molecule has 24 heavy (non-hydrogen) atoms. The molecule has 0 aliphatic heterocycles. The molecule has 0 atom stereocenters. The minimum atomic E-state index is -0.986. The maximum atomic E-state index is 11.0. The third kappa shape index (κ3) is 2.35. The van der Waals surface area contributed by atoms with Crippen LogP contribution in [0.2, 0.25) is 5.02 Å². The summed E-state index contributed by atoms with van der Waals surface area (Å²) in [5, 5.41) is 15.9. The summed E-state index contributed by atoms with van der Waals surface area (Å²) in [4.78, 5) is 19.7. The number of rotatable bonds is 3. The van der Waals surface area contributed by atoms with Crippen LogP contribution in [0.3, 0.4) is 0 Å². The number of aryl methyl sites for hydroxylation is 1. The van der Waals surface area contributed by atoms with E-state index >= 15 is 0 Å². The van der Waals surface area contributed by atoms with Gasteiger partial charge in [-0.05, 0) is 42.8 Å². The van der Waals surface area contributed by atoms with E-state index in [9.17, 15) is 4.79 Å². The van der Waals surface area contributed by atoms with Gasteiger partial charge in [-0.25, -0.2) is 14.3 Å². The van der Waals surface area contributed by atoms with Gasteiger partial charge in [0.05, 0.1) is 16.6 Å². The first-order valence-corrected chi connectivity index (χ1v) is 7.54. The second-order valence-electron chi connectivity index (χ2n) is 5.42. The van der Waals surface area contributed by atoms with Gasteiger partial charge in [0.25, 0.3) is 5.78 Å². The van der Waals surface area contributed by atoms with Crippen LogP contribution in [-0.2, 0) is 0 Å². The predicted octanol–water partition coefficient (Wildman–Crippen LogP) is 3.61. The molecule has 2 aromatic heterocycles. The van der Waals surface area contributed by atoms with Crippen LogP contribution >= 0.6 is 11.6 Å². The van der Waals surface area contributed by atoms with Crippen LogP contribution < -0.4 is 5.32 Å². The largest absolute Gasteiger partial charge is 0.478 e. The van der Waals surface area contributed by atoms with E-state index in [4.69, 9.17) is 16.7 Å². The number of aromatic nitrogens is 4. The number of carbonyl (C=O) groups is 1. The van der Waals surface area contributed by atoms with Crippen molar-refractivity contribution in [1.29, 1.82) is 0 Å². The average Bonchev–Trinajstić information content (AvgIpc) is 3.07. The number of anilines is 2. The number of nitrogens with one attached hydrogen (secondary N) is 2. The number of aromatic carboxylic acids is 1. The normalized spacial score (nSPS) is 11.2. The fourth-order valence-electron chi connectivity index (χ4n) is 2.48. The maximum Gasteiger partial charge on any atom is 0.335 e. The van der Waals surface area contributed by atoms with Crippen molar-refractivity contribution in [2.45, 2.75) is 6.92 Å². The van der Waals surface area contributed by atoms with Crippen LogP contribution in [-0.4, -0.2) is 30.7 Å². The lowest BCUT2D eigenvalue weighted by molar-refractivity contribution is 0.0697. The zero-order valence-corrected chi connectivity index (χ0v) is 13.3. The zero-order valence-electron chi connectivity index (χ0n) is 12.5. The molecule has 120 valence electrons. The summed E-state index contributed by atoms with van der Waals surface area (Å²) in [7, 11) is 0. The van der Waals surface area contributed by atoms with E-state index in [0.717, 1.165) is 16.8 Å².